The SMILES string of the molecule is CCCNC(=O)C1CCN(Cc2nc(-c3ccc(C(F)(F)F)cc3)no2)CC1. The Hall–Kier alpha value is -2.42. The van der Waals surface area contributed by atoms with Crippen molar-refractivity contribution in [3.63, 3.8) is 0 Å². The molecule has 1 aromatic heterocycles. The van der Waals surface area contributed by atoms with Gasteiger partial charge in [0.05, 0.1) is 12.1 Å². The number of hydrogen-bond acceptors (Lipinski definition) is 5. The van der Waals surface area contributed by atoms with Gasteiger partial charge in [0.15, 0.2) is 0 Å². The molecule has 1 saturated heterocycles. The van der Waals surface area contributed by atoms with Crippen LogP contribution in [0.1, 0.15) is 37.6 Å². The monoisotopic (exact) mass is 396 g/mol. The highest BCUT2D eigenvalue weighted by Gasteiger charge is 2.30. The number of carbonyl (C=O) groups is 1. The van der Waals surface area contributed by atoms with Crippen molar-refractivity contribution < 1.29 is 22.5 Å². The summed E-state index contributed by atoms with van der Waals surface area (Å²) in [6, 6.07) is 4.66. The molecule has 152 valence electrons. The first-order valence-electron chi connectivity index (χ1n) is 9.37. The second kappa shape index (κ2) is 8.72. The molecule has 1 amide bonds. The van der Waals surface area contributed by atoms with Crippen LogP contribution in [0.2, 0.25) is 0 Å². The average Bonchev–Trinajstić information content (AvgIpc) is 3.14. The normalized spacial score (nSPS) is 16.3. The van der Waals surface area contributed by atoms with Crippen LogP contribution in [0.15, 0.2) is 28.8 Å². The molecular weight excluding hydrogens is 373 g/mol. The van der Waals surface area contributed by atoms with Gasteiger partial charge in [-0.05, 0) is 44.5 Å². The van der Waals surface area contributed by atoms with Crippen LogP contribution in [-0.2, 0) is 17.5 Å². The minimum Gasteiger partial charge on any atom is -0.356 e. The maximum Gasteiger partial charge on any atom is 0.416 e. The fourth-order valence-electron chi connectivity index (χ4n) is 3.18. The quantitative estimate of drug-likeness (QED) is 0.809. The number of halogens is 3. The number of alkyl halides is 3. The zero-order valence-electron chi connectivity index (χ0n) is 15.6. The molecule has 6 nitrogen and oxygen atoms in total. The van der Waals surface area contributed by atoms with Gasteiger partial charge < -0.3 is 9.84 Å². The Labute approximate surface area is 161 Å². The van der Waals surface area contributed by atoms with E-state index in [1.807, 2.05) is 6.92 Å². The van der Waals surface area contributed by atoms with E-state index >= 15 is 0 Å². The van der Waals surface area contributed by atoms with Crippen molar-refractivity contribution in [3.8, 4) is 11.4 Å². The van der Waals surface area contributed by atoms with E-state index in [2.05, 4.69) is 20.4 Å². The molecule has 1 aliphatic rings. The molecule has 1 N–H and O–H groups in total. The van der Waals surface area contributed by atoms with Crippen molar-refractivity contribution in [1.29, 1.82) is 0 Å². The molecule has 1 aliphatic heterocycles. The summed E-state index contributed by atoms with van der Waals surface area (Å²) in [7, 11) is 0. The van der Waals surface area contributed by atoms with Gasteiger partial charge in [-0.25, -0.2) is 0 Å². The summed E-state index contributed by atoms with van der Waals surface area (Å²) >= 11 is 0. The Morgan fingerprint density at radius 1 is 1.25 bits per heavy atom. The van der Waals surface area contributed by atoms with Gasteiger partial charge in [0.2, 0.25) is 17.6 Å². The van der Waals surface area contributed by atoms with Crippen LogP contribution in [0.3, 0.4) is 0 Å². The average molecular weight is 396 g/mol. The summed E-state index contributed by atoms with van der Waals surface area (Å²) < 4.78 is 43.2. The number of rotatable bonds is 6. The van der Waals surface area contributed by atoms with Crippen molar-refractivity contribution in [1.82, 2.24) is 20.4 Å². The van der Waals surface area contributed by atoms with Crippen LogP contribution in [0, 0.1) is 5.92 Å². The van der Waals surface area contributed by atoms with Crippen LogP contribution in [0.25, 0.3) is 11.4 Å². The smallest absolute Gasteiger partial charge is 0.356 e. The van der Waals surface area contributed by atoms with Crippen molar-refractivity contribution in [2.45, 2.75) is 38.9 Å². The molecule has 1 fully saturated rings. The Morgan fingerprint density at radius 2 is 1.93 bits per heavy atom. The molecule has 3 rings (SSSR count). The van der Waals surface area contributed by atoms with Crippen molar-refractivity contribution >= 4 is 5.91 Å². The summed E-state index contributed by atoms with van der Waals surface area (Å²) in [5, 5.41) is 6.80. The van der Waals surface area contributed by atoms with Gasteiger partial charge in [0.25, 0.3) is 0 Å². The zero-order valence-corrected chi connectivity index (χ0v) is 15.6. The molecule has 0 spiro atoms. The third-order valence-corrected chi connectivity index (χ3v) is 4.80. The van der Waals surface area contributed by atoms with Crippen molar-refractivity contribution in [3.05, 3.63) is 35.7 Å². The maximum absolute atomic E-state index is 12.6. The molecule has 0 bridgehead atoms. The molecule has 0 unspecified atom stereocenters. The number of nitrogens with one attached hydrogen (secondary N) is 1. The van der Waals surface area contributed by atoms with E-state index in [1.165, 1.54) is 12.1 Å². The molecule has 0 aliphatic carbocycles. The summed E-state index contributed by atoms with van der Waals surface area (Å²) in [5.41, 5.74) is -0.250. The predicted octanol–water partition coefficient (Wildman–Crippen LogP) is 3.49. The van der Waals surface area contributed by atoms with E-state index in [9.17, 15) is 18.0 Å². The number of amides is 1. The van der Waals surface area contributed by atoms with Gasteiger partial charge in [0, 0.05) is 18.0 Å². The van der Waals surface area contributed by atoms with Gasteiger partial charge in [0.1, 0.15) is 0 Å². The molecule has 0 radical (unpaired) electrons. The Balaban J connectivity index is 1.53. The van der Waals surface area contributed by atoms with Crippen LogP contribution in [0.5, 0.6) is 0 Å². The molecule has 2 aromatic rings. The van der Waals surface area contributed by atoms with E-state index in [0.29, 0.717) is 24.5 Å². The maximum atomic E-state index is 12.6. The highest BCUT2D eigenvalue weighted by molar-refractivity contribution is 5.78. The number of nitrogens with zero attached hydrogens (tertiary/aromatic N) is 3. The lowest BCUT2D eigenvalue weighted by atomic mass is 9.96. The predicted molar refractivity (Wildman–Crippen MR) is 96.0 cm³/mol. The van der Waals surface area contributed by atoms with Gasteiger partial charge in [-0.1, -0.05) is 24.2 Å². The summed E-state index contributed by atoms with van der Waals surface area (Å²) in [4.78, 5) is 18.4. The van der Waals surface area contributed by atoms with Crippen molar-refractivity contribution in [2.24, 2.45) is 5.92 Å². The zero-order chi connectivity index (χ0) is 20.1. The molecular formula is C19H23F3N4O2. The Morgan fingerprint density at radius 3 is 2.54 bits per heavy atom. The largest absolute Gasteiger partial charge is 0.416 e. The second-order valence-electron chi connectivity index (χ2n) is 6.93. The van der Waals surface area contributed by atoms with E-state index in [-0.39, 0.29) is 17.6 Å². The lowest BCUT2D eigenvalue weighted by Gasteiger charge is -2.30. The van der Waals surface area contributed by atoms with E-state index in [0.717, 1.165) is 44.5 Å². The number of likely N-dealkylation sites (tertiary alicyclic amines) is 1. The highest BCUT2D eigenvalue weighted by atomic mass is 19.4. The molecule has 2 heterocycles. The minimum absolute atomic E-state index is 0.0354. The van der Waals surface area contributed by atoms with Gasteiger partial charge >= 0.3 is 6.18 Å². The number of hydrogen-bond donors (Lipinski definition) is 1. The minimum atomic E-state index is -4.37. The number of piperidine rings is 1. The van der Waals surface area contributed by atoms with E-state index in [1.54, 1.807) is 0 Å². The molecule has 9 heteroatoms. The lowest BCUT2D eigenvalue weighted by Crippen LogP contribution is -2.40. The highest BCUT2D eigenvalue weighted by Crippen LogP contribution is 2.30. The number of carbonyl (C=O) groups excluding carboxylic acids is 1. The first-order chi connectivity index (χ1) is 13.4. The van der Waals surface area contributed by atoms with Crippen LogP contribution < -0.4 is 5.32 Å². The second-order valence-corrected chi connectivity index (χ2v) is 6.93. The number of benzene rings is 1. The fraction of sp³-hybridized carbons (Fsp3) is 0.526. The van der Waals surface area contributed by atoms with Gasteiger partial charge in [-0.2, -0.15) is 18.2 Å². The van der Waals surface area contributed by atoms with Crippen LogP contribution in [-0.4, -0.2) is 40.6 Å². The first kappa shape index (κ1) is 20.3. The third kappa shape index (κ3) is 5.09. The number of aromatic nitrogens is 2. The lowest BCUT2D eigenvalue weighted by molar-refractivity contribution is -0.137. The van der Waals surface area contributed by atoms with Crippen molar-refractivity contribution in [2.75, 3.05) is 19.6 Å². The van der Waals surface area contributed by atoms with Crippen LogP contribution in [0.4, 0.5) is 13.2 Å². The molecule has 28 heavy (non-hydrogen) atoms. The molecule has 0 atom stereocenters. The topological polar surface area (TPSA) is 71.3 Å². The summed E-state index contributed by atoms with van der Waals surface area (Å²) in [5.74, 6) is 0.818. The van der Waals surface area contributed by atoms with E-state index in [4.69, 9.17) is 4.52 Å². The molecule has 0 saturated carbocycles. The Kier molecular flexibility index (Phi) is 6.33. The fourth-order valence-corrected chi connectivity index (χ4v) is 3.18. The van der Waals surface area contributed by atoms with Crippen LogP contribution >= 0.6 is 0 Å². The van der Waals surface area contributed by atoms with Gasteiger partial charge in [-0.3, -0.25) is 9.69 Å². The van der Waals surface area contributed by atoms with Gasteiger partial charge in [-0.15, -0.1) is 0 Å². The Bertz CT molecular complexity index is 781. The molecule has 1 aromatic carbocycles. The summed E-state index contributed by atoms with van der Waals surface area (Å²) in [6.07, 6.45) is -1.91. The first-order valence-corrected chi connectivity index (χ1v) is 9.37. The summed E-state index contributed by atoms with van der Waals surface area (Å²) in [6.45, 7) is 4.68. The van der Waals surface area contributed by atoms with E-state index < -0.39 is 11.7 Å². The standard InChI is InChI=1S/C19H23F3N4O2/c1-2-9-23-18(27)14-7-10-26(11-8-14)12-16-24-17(25-28-16)13-3-5-15(6-4-13)19(20,21)22/h3-6,14H,2,7-12H2,1H3,(H,23,27). The third-order valence-electron chi connectivity index (χ3n) is 4.80.